The van der Waals surface area contributed by atoms with E-state index in [0.717, 1.165) is 36.8 Å². The number of nitrogens with one attached hydrogen (secondary N) is 1. The SMILES string of the molecule is CCC(C)(C)C1CCC(NS(=O)(=O)c2cc(C)ccc2C)CC1. The first-order chi connectivity index (χ1) is 10.7. The molecule has 1 aromatic rings. The van der Waals surface area contributed by atoms with Crippen molar-refractivity contribution in [2.45, 2.75) is 77.7 Å². The fourth-order valence-corrected chi connectivity index (χ4v) is 5.20. The molecule has 0 aliphatic heterocycles. The van der Waals surface area contributed by atoms with Crippen molar-refractivity contribution in [3.8, 4) is 0 Å². The summed E-state index contributed by atoms with van der Waals surface area (Å²) in [5.41, 5.74) is 2.14. The molecule has 1 aliphatic carbocycles. The first-order valence-electron chi connectivity index (χ1n) is 8.75. The molecule has 0 saturated heterocycles. The Balaban J connectivity index is 2.05. The lowest BCUT2D eigenvalue weighted by Gasteiger charge is -2.39. The van der Waals surface area contributed by atoms with E-state index in [0.29, 0.717) is 16.2 Å². The zero-order chi connectivity index (χ0) is 17.3. The Labute approximate surface area is 141 Å². The van der Waals surface area contributed by atoms with Gasteiger partial charge >= 0.3 is 0 Å². The number of sulfonamides is 1. The third-order valence-electron chi connectivity index (χ3n) is 5.70. The van der Waals surface area contributed by atoms with E-state index >= 15 is 0 Å². The summed E-state index contributed by atoms with van der Waals surface area (Å²) in [6.45, 7) is 10.7. The highest BCUT2D eigenvalue weighted by atomic mass is 32.2. The molecule has 0 radical (unpaired) electrons. The van der Waals surface area contributed by atoms with Gasteiger partial charge in [-0.1, -0.05) is 39.3 Å². The van der Waals surface area contributed by atoms with Gasteiger partial charge in [-0.2, -0.15) is 0 Å². The van der Waals surface area contributed by atoms with Crippen molar-refractivity contribution in [2.75, 3.05) is 0 Å². The van der Waals surface area contributed by atoms with Gasteiger partial charge in [0.25, 0.3) is 0 Å². The highest BCUT2D eigenvalue weighted by Gasteiger charge is 2.33. The van der Waals surface area contributed by atoms with E-state index in [1.165, 1.54) is 6.42 Å². The van der Waals surface area contributed by atoms with Gasteiger partial charge in [0.15, 0.2) is 0 Å². The van der Waals surface area contributed by atoms with Gasteiger partial charge in [-0.3, -0.25) is 0 Å². The lowest BCUT2D eigenvalue weighted by atomic mass is 9.69. The number of aryl methyl sites for hydroxylation is 2. The van der Waals surface area contributed by atoms with Crippen LogP contribution in [0, 0.1) is 25.2 Å². The quantitative estimate of drug-likeness (QED) is 0.855. The van der Waals surface area contributed by atoms with Gasteiger partial charge in [-0.15, -0.1) is 0 Å². The van der Waals surface area contributed by atoms with Crippen LogP contribution >= 0.6 is 0 Å². The Morgan fingerprint density at radius 1 is 1.13 bits per heavy atom. The zero-order valence-electron chi connectivity index (χ0n) is 15.1. The molecule has 1 aliphatic rings. The van der Waals surface area contributed by atoms with E-state index in [4.69, 9.17) is 0 Å². The highest BCUT2D eigenvalue weighted by molar-refractivity contribution is 7.89. The number of hydrogen-bond acceptors (Lipinski definition) is 2. The average Bonchev–Trinajstić information content (AvgIpc) is 2.49. The first kappa shape index (κ1) is 18.5. The Morgan fingerprint density at radius 2 is 1.74 bits per heavy atom. The summed E-state index contributed by atoms with van der Waals surface area (Å²) in [4.78, 5) is 0.425. The summed E-state index contributed by atoms with van der Waals surface area (Å²) in [7, 11) is -3.42. The minimum Gasteiger partial charge on any atom is -0.208 e. The van der Waals surface area contributed by atoms with Crippen LogP contribution in [0.1, 0.15) is 64.0 Å². The monoisotopic (exact) mass is 337 g/mol. The molecular weight excluding hydrogens is 306 g/mol. The van der Waals surface area contributed by atoms with E-state index in [2.05, 4.69) is 25.5 Å². The first-order valence-corrected chi connectivity index (χ1v) is 10.2. The summed E-state index contributed by atoms with van der Waals surface area (Å²) in [5, 5.41) is 0. The van der Waals surface area contributed by atoms with E-state index < -0.39 is 10.0 Å². The summed E-state index contributed by atoms with van der Waals surface area (Å²) < 4.78 is 28.3. The maximum absolute atomic E-state index is 12.7. The van der Waals surface area contributed by atoms with Crippen LogP contribution in [-0.2, 0) is 10.0 Å². The molecule has 0 bridgehead atoms. The molecule has 2 rings (SSSR count). The van der Waals surface area contributed by atoms with Crippen molar-refractivity contribution in [1.82, 2.24) is 4.72 Å². The molecule has 130 valence electrons. The molecule has 3 nitrogen and oxygen atoms in total. The van der Waals surface area contributed by atoms with Gasteiger partial charge in [-0.05, 0) is 68.1 Å². The lowest BCUT2D eigenvalue weighted by molar-refractivity contribution is 0.142. The minimum absolute atomic E-state index is 0.0730. The normalized spacial score (nSPS) is 23.0. The summed E-state index contributed by atoms with van der Waals surface area (Å²) in [6.07, 6.45) is 5.29. The van der Waals surface area contributed by atoms with Gasteiger partial charge in [0.05, 0.1) is 4.90 Å². The molecule has 1 saturated carbocycles. The molecule has 1 aromatic carbocycles. The third kappa shape index (κ3) is 4.36. The van der Waals surface area contributed by atoms with Crippen LogP contribution in [-0.4, -0.2) is 14.5 Å². The average molecular weight is 338 g/mol. The standard InChI is InChI=1S/C19H31NO2S/c1-6-19(4,5)16-9-11-17(12-10-16)20-23(21,22)18-13-14(2)7-8-15(18)3/h7-8,13,16-17,20H,6,9-12H2,1-5H3. The lowest BCUT2D eigenvalue weighted by Crippen LogP contribution is -2.40. The van der Waals surface area contributed by atoms with Crippen molar-refractivity contribution < 1.29 is 8.42 Å². The van der Waals surface area contributed by atoms with Crippen molar-refractivity contribution in [1.29, 1.82) is 0 Å². The number of hydrogen-bond donors (Lipinski definition) is 1. The van der Waals surface area contributed by atoms with Crippen LogP contribution in [0.5, 0.6) is 0 Å². The maximum atomic E-state index is 12.7. The van der Waals surface area contributed by atoms with E-state index in [1.807, 2.05) is 26.0 Å². The molecule has 4 heteroatoms. The van der Waals surface area contributed by atoms with Crippen LogP contribution in [0.2, 0.25) is 0 Å². The van der Waals surface area contributed by atoms with Crippen molar-refractivity contribution in [2.24, 2.45) is 11.3 Å². The predicted molar refractivity (Wildman–Crippen MR) is 96.1 cm³/mol. The second-order valence-electron chi connectivity index (χ2n) is 7.78. The van der Waals surface area contributed by atoms with Crippen molar-refractivity contribution in [3.63, 3.8) is 0 Å². The van der Waals surface area contributed by atoms with Crippen LogP contribution in [0.15, 0.2) is 23.1 Å². The number of rotatable bonds is 5. The molecule has 0 atom stereocenters. The Bertz CT molecular complexity index is 641. The highest BCUT2D eigenvalue weighted by Crippen LogP contribution is 2.40. The van der Waals surface area contributed by atoms with Gasteiger partial charge in [-0.25, -0.2) is 13.1 Å². The van der Waals surface area contributed by atoms with Gasteiger partial charge in [0, 0.05) is 6.04 Å². The van der Waals surface area contributed by atoms with Crippen LogP contribution in [0.4, 0.5) is 0 Å². The van der Waals surface area contributed by atoms with E-state index in [9.17, 15) is 8.42 Å². The minimum atomic E-state index is -3.42. The second-order valence-corrected chi connectivity index (χ2v) is 9.46. The molecule has 1 N–H and O–H groups in total. The van der Waals surface area contributed by atoms with E-state index in [1.54, 1.807) is 6.07 Å². The molecule has 0 amide bonds. The topological polar surface area (TPSA) is 46.2 Å². The zero-order valence-corrected chi connectivity index (χ0v) is 16.0. The molecule has 0 aromatic heterocycles. The van der Waals surface area contributed by atoms with Crippen LogP contribution in [0.3, 0.4) is 0 Å². The molecule has 0 unspecified atom stereocenters. The summed E-state index contributed by atoms with van der Waals surface area (Å²) in [6, 6.07) is 5.67. The fraction of sp³-hybridized carbons (Fsp3) is 0.684. The van der Waals surface area contributed by atoms with Crippen molar-refractivity contribution in [3.05, 3.63) is 29.3 Å². The van der Waals surface area contributed by atoms with Gasteiger partial charge in [0.2, 0.25) is 10.0 Å². The Hall–Kier alpha value is -0.870. The van der Waals surface area contributed by atoms with E-state index in [-0.39, 0.29) is 6.04 Å². The molecular formula is C19H31NO2S. The van der Waals surface area contributed by atoms with Crippen molar-refractivity contribution >= 4 is 10.0 Å². The Kier molecular flexibility index (Phi) is 5.57. The Morgan fingerprint density at radius 3 is 2.30 bits per heavy atom. The molecule has 0 heterocycles. The third-order valence-corrected chi connectivity index (χ3v) is 7.36. The fourth-order valence-electron chi connectivity index (χ4n) is 3.56. The molecule has 1 fully saturated rings. The van der Waals surface area contributed by atoms with Crippen LogP contribution in [0.25, 0.3) is 0 Å². The molecule has 23 heavy (non-hydrogen) atoms. The largest absolute Gasteiger partial charge is 0.241 e. The second kappa shape index (κ2) is 6.94. The number of benzene rings is 1. The van der Waals surface area contributed by atoms with Crippen LogP contribution < -0.4 is 4.72 Å². The predicted octanol–water partition coefficient (Wildman–Crippen LogP) is 4.58. The van der Waals surface area contributed by atoms with Gasteiger partial charge in [0.1, 0.15) is 0 Å². The molecule has 0 spiro atoms. The smallest absolute Gasteiger partial charge is 0.208 e. The maximum Gasteiger partial charge on any atom is 0.241 e. The van der Waals surface area contributed by atoms with Gasteiger partial charge < -0.3 is 0 Å². The summed E-state index contributed by atoms with van der Waals surface area (Å²) in [5.74, 6) is 0.703. The summed E-state index contributed by atoms with van der Waals surface area (Å²) >= 11 is 0.